The van der Waals surface area contributed by atoms with Gasteiger partial charge in [0.25, 0.3) is 5.91 Å². The minimum Gasteiger partial charge on any atom is -0.398 e. The summed E-state index contributed by atoms with van der Waals surface area (Å²) in [6, 6.07) is 5.35. The van der Waals surface area contributed by atoms with Crippen molar-refractivity contribution in [1.82, 2.24) is 10.4 Å². The van der Waals surface area contributed by atoms with Crippen LogP contribution in [0.3, 0.4) is 0 Å². The molecule has 0 bridgehead atoms. The summed E-state index contributed by atoms with van der Waals surface area (Å²) in [7, 11) is 3.50. The van der Waals surface area contributed by atoms with Gasteiger partial charge in [0.05, 0.1) is 5.56 Å². The van der Waals surface area contributed by atoms with Crippen molar-refractivity contribution in [2.45, 2.75) is 0 Å². The van der Waals surface area contributed by atoms with E-state index in [2.05, 4.69) is 28.0 Å². The fraction of sp³-hybridized carbons (Fsp3) is 0.222. The number of amides is 1. The van der Waals surface area contributed by atoms with Gasteiger partial charge in [-0.1, -0.05) is 0 Å². The van der Waals surface area contributed by atoms with Crippen LogP contribution in [0.4, 0.5) is 5.69 Å². The van der Waals surface area contributed by atoms with Crippen molar-refractivity contribution in [3.05, 3.63) is 27.3 Å². The van der Waals surface area contributed by atoms with Crippen LogP contribution >= 0.6 is 22.6 Å². The first kappa shape index (κ1) is 11.3. The van der Waals surface area contributed by atoms with Crippen molar-refractivity contribution in [2.75, 3.05) is 19.8 Å². The van der Waals surface area contributed by atoms with E-state index in [1.165, 1.54) is 0 Å². The van der Waals surface area contributed by atoms with Crippen LogP contribution in [0.15, 0.2) is 18.2 Å². The Labute approximate surface area is 96.6 Å². The fourth-order valence-corrected chi connectivity index (χ4v) is 1.48. The minimum absolute atomic E-state index is 0.189. The molecule has 1 amide bonds. The molecule has 0 atom stereocenters. The zero-order valence-corrected chi connectivity index (χ0v) is 10.2. The van der Waals surface area contributed by atoms with Crippen molar-refractivity contribution in [3.63, 3.8) is 0 Å². The van der Waals surface area contributed by atoms with Crippen LogP contribution in [0.5, 0.6) is 0 Å². The van der Waals surface area contributed by atoms with Crippen LogP contribution in [0.2, 0.25) is 0 Å². The molecule has 1 rings (SSSR count). The van der Waals surface area contributed by atoms with Crippen LogP contribution < -0.4 is 11.2 Å². The van der Waals surface area contributed by atoms with Crippen molar-refractivity contribution >= 4 is 34.2 Å². The van der Waals surface area contributed by atoms with E-state index in [0.29, 0.717) is 11.3 Å². The summed E-state index contributed by atoms with van der Waals surface area (Å²) in [5, 5.41) is 1.58. The third kappa shape index (κ3) is 2.85. The predicted molar refractivity (Wildman–Crippen MR) is 64.7 cm³/mol. The Balaban J connectivity index is 2.94. The molecule has 0 aromatic heterocycles. The molecule has 0 radical (unpaired) electrons. The summed E-state index contributed by atoms with van der Waals surface area (Å²) in [4.78, 5) is 11.6. The minimum atomic E-state index is -0.189. The van der Waals surface area contributed by atoms with Gasteiger partial charge >= 0.3 is 0 Å². The smallest absolute Gasteiger partial charge is 0.267 e. The summed E-state index contributed by atoms with van der Waals surface area (Å²) in [5.74, 6) is -0.189. The van der Waals surface area contributed by atoms with Gasteiger partial charge < -0.3 is 5.73 Å². The van der Waals surface area contributed by atoms with E-state index in [-0.39, 0.29) is 5.91 Å². The highest BCUT2D eigenvalue weighted by molar-refractivity contribution is 14.1. The van der Waals surface area contributed by atoms with Gasteiger partial charge in [0.15, 0.2) is 0 Å². The molecule has 0 heterocycles. The average Bonchev–Trinajstić information content (AvgIpc) is 2.08. The number of hydrogen-bond acceptors (Lipinski definition) is 3. The number of benzene rings is 1. The van der Waals surface area contributed by atoms with E-state index in [1.807, 2.05) is 6.07 Å². The molecule has 14 heavy (non-hydrogen) atoms. The van der Waals surface area contributed by atoms with E-state index in [0.717, 1.165) is 3.57 Å². The number of nitrogens with zero attached hydrogens (tertiary/aromatic N) is 1. The molecular formula is C9H12IN3O. The second-order valence-corrected chi connectivity index (χ2v) is 4.31. The largest absolute Gasteiger partial charge is 0.398 e. The summed E-state index contributed by atoms with van der Waals surface area (Å²) < 4.78 is 0.987. The van der Waals surface area contributed by atoms with Crippen molar-refractivity contribution in [2.24, 2.45) is 0 Å². The normalized spacial score (nSPS) is 10.3. The standard InChI is InChI=1S/C9H12IN3O/c1-13(2)12-9(14)7-5-6(10)3-4-8(7)11/h3-5H,11H2,1-2H3,(H,12,14). The highest BCUT2D eigenvalue weighted by atomic mass is 127. The zero-order chi connectivity index (χ0) is 10.7. The zero-order valence-electron chi connectivity index (χ0n) is 8.04. The highest BCUT2D eigenvalue weighted by Gasteiger charge is 2.09. The van der Waals surface area contributed by atoms with Crippen LogP contribution in [-0.4, -0.2) is 25.0 Å². The van der Waals surface area contributed by atoms with Gasteiger partial charge in [0.2, 0.25) is 0 Å². The lowest BCUT2D eigenvalue weighted by Gasteiger charge is -2.13. The van der Waals surface area contributed by atoms with Crippen LogP contribution in [0, 0.1) is 3.57 Å². The molecule has 76 valence electrons. The van der Waals surface area contributed by atoms with Crippen LogP contribution in [-0.2, 0) is 0 Å². The maximum atomic E-state index is 11.6. The molecule has 0 fully saturated rings. The number of nitrogens with one attached hydrogen (secondary N) is 1. The molecule has 0 aliphatic carbocycles. The fourth-order valence-electron chi connectivity index (χ4n) is 0.988. The summed E-state index contributed by atoms with van der Waals surface area (Å²) >= 11 is 2.14. The first-order valence-electron chi connectivity index (χ1n) is 4.04. The van der Waals surface area contributed by atoms with Gasteiger partial charge in [-0.05, 0) is 40.8 Å². The van der Waals surface area contributed by atoms with Gasteiger partial charge in [0.1, 0.15) is 0 Å². The second kappa shape index (κ2) is 4.61. The number of anilines is 1. The molecule has 1 aromatic carbocycles. The number of hydrazine groups is 1. The molecule has 0 aliphatic heterocycles. The number of rotatable bonds is 2. The van der Waals surface area contributed by atoms with E-state index in [9.17, 15) is 4.79 Å². The third-order valence-electron chi connectivity index (χ3n) is 1.59. The van der Waals surface area contributed by atoms with Gasteiger partial charge in [-0.25, -0.2) is 5.01 Å². The average molecular weight is 305 g/mol. The van der Waals surface area contributed by atoms with Gasteiger partial charge in [-0.2, -0.15) is 0 Å². The van der Waals surface area contributed by atoms with Gasteiger partial charge in [-0.3, -0.25) is 10.2 Å². The Bertz CT molecular complexity index is 352. The number of nitrogen functional groups attached to an aromatic ring is 1. The Kier molecular flexibility index (Phi) is 3.70. The summed E-state index contributed by atoms with van der Waals surface area (Å²) in [5.41, 5.74) is 9.32. The maximum Gasteiger partial charge on any atom is 0.267 e. The lowest BCUT2D eigenvalue weighted by atomic mass is 10.2. The summed E-state index contributed by atoms with van der Waals surface area (Å²) in [6.45, 7) is 0. The van der Waals surface area contributed by atoms with Gasteiger partial charge in [0, 0.05) is 23.4 Å². The Morgan fingerprint density at radius 2 is 2.14 bits per heavy atom. The topological polar surface area (TPSA) is 58.4 Å². The lowest BCUT2D eigenvalue weighted by molar-refractivity contribution is 0.0858. The Morgan fingerprint density at radius 3 is 2.71 bits per heavy atom. The van der Waals surface area contributed by atoms with E-state index in [1.54, 1.807) is 31.2 Å². The molecule has 0 saturated carbocycles. The lowest BCUT2D eigenvalue weighted by Crippen LogP contribution is -2.36. The maximum absolute atomic E-state index is 11.6. The Hall–Kier alpha value is -0.820. The molecule has 3 N–H and O–H groups in total. The van der Waals surface area contributed by atoms with E-state index in [4.69, 9.17) is 5.73 Å². The predicted octanol–water partition coefficient (Wildman–Crippen LogP) is 1.08. The number of halogens is 1. The molecule has 0 aliphatic rings. The van der Waals surface area contributed by atoms with Crippen LogP contribution in [0.25, 0.3) is 0 Å². The molecule has 0 saturated heterocycles. The third-order valence-corrected chi connectivity index (χ3v) is 2.26. The Morgan fingerprint density at radius 1 is 1.50 bits per heavy atom. The molecule has 0 spiro atoms. The first-order valence-corrected chi connectivity index (χ1v) is 5.12. The van der Waals surface area contributed by atoms with E-state index < -0.39 is 0 Å². The summed E-state index contributed by atoms with van der Waals surface area (Å²) in [6.07, 6.45) is 0. The number of carbonyl (C=O) groups is 1. The van der Waals surface area contributed by atoms with Crippen molar-refractivity contribution in [1.29, 1.82) is 0 Å². The van der Waals surface area contributed by atoms with Gasteiger partial charge in [-0.15, -0.1) is 0 Å². The molecule has 4 nitrogen and oxygen atoms in total. The molecule has 1 aromatic rings. The second-order valence-electron chi connectivity index (χ2n) is 3.07. The number of carbonyl (C=O) groups excluding carboxylic acids is 1. The van der Waals surface area contributed by atoms with Crippen molar-refractivity contribution < 1.29 is 4.79 Å². The quantitative estimate of drug-likeness (QED) is 0.488. The van der Waals surface area contributed by atoms with Crippen molar-refractivity contribution in [3.8, 4) is 0 Å². The van der Waals surface area contributed by atoms with E-state index >= 15 is 0 Å². The first-order chi connectivity index (χ1) is 6.50. The number of hydrogen-bond donors (Lipinski definition) is 2. The SMILES string of the molecule is CN(C)NC(=O)c1cc(I)ccc1N. The number of nitrogens with two attached hydrogens (primary N) is 1. The molecule has 5 heteroatoms. The monoisotopic (exact) mass is 305 g/mol. The molecule has 0 unspecified atom stereocenters. The van der Waals surface area contributed by atoms with Crippen LogP contribution in [0.1, 0.15) is 10.4 Å². The highest BCUT2D eigenvalue weighted by Crippen LogP contribution is 2.15. The molecular weight excluding hydrogens is 293 g/mol.